The lowest BCUT2D eigenvalue weighted by Gasteiger charge is -2.44. The third kappa shape index (κ3) is 7.58. The molecule has 226 valence electrons. The first-order valence-electron chi connectivity index (χ1n) is 11.3. The number of anilines is 1. The second-order valence-corrected chi connectivity index (χ2v) is 12.4. The predicted molar refractivity (Wildman–Crippen MR) is 139 cm³/mol. The van der Waals surface area contributed by atoms with Crippen LogP contribution in [0.25, 0.3) is 0 Å². The zero-order valence-corrected chi connectivity index (χ0v) is 24.1. The standard InChI is InChI=1S/C20H29F3N4O8S2.2ClH/c1-34-15-14-25-8-6-19(7-9-25,18(28)24-29)36(30,31)27-12-10-26(11-13-27)16-2-4-17(5-3-16)35-37(32,33)20(21,22)23;;/h2-5,29H,6-15H2,1H3,(H,24,28);2*1H. The Morgan fingerprint density at radius 3 is 2.00 bits per heavy atom. The van der Waals surface area contributed by atoms with Gasteiger partial charge in [-0.1, -0.05) is 0 Å². The van der Waals surface area contributed by atoms with Gasteiger partial charge in [0.1, 0.15) is 5.75 Å². The number of piperazine rings is 1. The van der Waals surface area contributed by atoms with E-state index in [1.807, 2.05) is 4.90 Å². The fourth-order valence-electron chi connectivity index (χ4n) is 4.38. The minimum Gasteiger partial charge on any atom is -0.383 e. The zero-order chi connectivity index (χ0) is 27.5. The van der Waals surface area contributed by atoms with Crippen LogP contribution in [0.3, 0.4) is 0 Å². The molecule has 0 unspecified atom stereocenters. The average Bonchev–Trinajstić information content (AvgIpc) is 2.87. The van der Waals surface area contributed by atoms with Crippen LogP contribution in [0.5, 0.6) is 5.75 Å². The van der Waals surface area contributed by atoms with E-state index in [0.29, 0.717) is 31.9 Å². The maximum Gasteiger partial charge on any atom is 0.534 e. The molecule has 0 spiro atoms. The van der Waals surface area contributed by atoms with Crippen LogP contribution in [0.2, 0.25) is 0 Å². The fourth-order valence-corrected chi connectivity index (χ4v) is 6.96. The number of methoxy groups -OCH3 is 1. The number of hydroxylamine groups is 1. The molecular formula is C20H31Cl2F3N4O8S2. The van der Waals surface area contributed by atoms with Gasteiger partial charge >= 0.3 is 15.6 Å². The molecule has 3 rings (SSSR count). The molecule has 2 heterocycles. The highest BCUT2D eigenvalue weighted by Gasteiger charge is 2.55. The van der Waals surface area contributed by atoms with Crippen molar-refractivity contribution in [2.45, 2.75) is 23.1 Å². The molecule has 39 heavy (non-hydrogen) atoms. The summed E-state index contributed by atoms with van der Waals surface area (Å²) in [5.74, 6) is -1.50. The number of nitrogens with one attached hydrogen (secondary N) is 1. The van der Waals surface area contributed by atoms with Gasteiger partial charge in [-0.25, -0.2) is 13.9 Å². The fraction of sp³-hybridized carbons (Fsp3) is 0.650. The van der Waals surface area contributed by atoms with Crippen LogP contribution in [0.1, 0.15) is 12.8 Å². The van der Waals surface area contributed by atoms with Crippen LogP contribution in [-0.2, 0) is 29.7 Å². The highest BCUT2D eigenvalue weighted by atomic mass is 35.5. The number of hydrogen-bond donors (Lipinski definition) is 2. The van der Waals surface area contributed by atoms with Gasteiger partial charge in [-0.2, -0.15) is 25.9 Å². The van der Waals surface area contributed by atoms with E-state index in [4.69, 9.17) is 4.74 Å². The van der Waals surface area contributed by atoms with E-state index in [9.17, 15) is 40.0 Å². The largest absolute Gasteiger partial charge is 0.534 e. The number of likely N-dealkylation sites (tertiary alicyclic amines) is 1. The first-order chi connectivity index (χ1) is 17.3. The SMILES string of the molecule is COCCN1CCC(C(=O)NO)(S(=O)(=O)N2CCN(c3ccc(OS(=O)(=O)C(F)(F)F)cc3)CC2)CC1.Cl.Cl. The van der Waals surface area contributed by atoms with Crippen LogP contribution in [-0.4, -0.2) is 107 Å². The third-order valence-corrected chi connectivity index (χ3v) is 10.2. The molecule has 2 aliphatic heterocycles. The number of rotatable bonds is 9. The second-order valence-electron chi connectivity index (χ2n) is 8.64. The highest BCUT2D eigenvalue weighted by molar-refractivity contribution is 7.91. The van der Waals surface area contributed by atoms with E-state index < -0.39 is 42.1 Å². The second kappa shape index (κ2) is 13.8. The van der Waals surface area contributed by atoms with Gasteiger partial charge in [-0.3, -0.25) is 10.0 Å². The molecular weight excluding hydrogens is 616 g/mol. The van der Waals surface area contributed by atoms with E-state index >= 15 is 0 Å². The Balaban J connectivity index is 0.00000380. The summed E-state index contributed by atoms with van der Waals surface area (Å²) >= 11 is 0. The van der Waals surface area contributed by atoms with Gasteiger partial charge < -0.3 is 18.7 Å². The molecule has 19 heteroatoms. The van der Waals surface area contributed by atoms with Crippen molar-refractivity contribution in [3.05, 3.63) is 24.3 Å². The van der Waals surface area contributed by atoms with Crippen LogP contribution >= 0.6 is 24.8 Å². The number of nitrogens with zero attached hydrogens (tertiary/aromatic N) is 3. The number of carbonyl (C=O) groups excluding carboxylic acids is 1. The number of ether oxygens (including phenoxy) is 1. The molecule has 1 aromatic rings. The van der Waals surface area contributed by atoms with Crippen molar-refractivity contribution >= 4 is 56.6 Å². The Bertz CT molecular complexity index is 1160. The Kier molecular flexibility index (Phi) is 12.6. The molecule has 0 aliphatic carbocycles. The minimum absolute atomic E-state index is 0. The Labute approximate surface area is 237 Å². The molecule has 2 fully saturated rings. The van der Waals surface area contributed by atoms with Crippen molar-refractivity contribution in [1.82, 2.24) is 14.7 Å². The molecule has 12 nitrogen and oxygen atoms in total. The summed E-state index contributed by atoms with van der Waals surface area (Å²) in [4.78, 5) is 16.4. The molecule has 1 amide bonds. The molecule has 0 saturated carbocycles. The van der Waals surface area contributed by atoms with Crippen molar-refractivity contribution in [2.24, 2.45) is 0 Å². The first kappa shape index (κ1) is 35.4. The summed E-state index contributed by atoms with van der Waals surface area (Å²) in [7, 11) is -8.40. The topological polar surface area (TPSA) is 146 Å². The smallest absolute Gasteiger partial charge is 0.383 e. The number of benzene rings is 1. The number of sulfonamides is 1. The third-order valence-electron chi connectivity index (χ3n) is 6.55. The zero-order valence-electron chi connectivity index (χ0n) is 20.8. The lowest BCUT2D eigenvalue weighted by atomic mass is 9.95. The number of hydrogen-bond acceptors (Lipinski definition) is 10. The average molecular weight is 648 g/mol. The Morgan fingerprint density at radius 2 is 1.54 bits per heavy atom. The predicted octanol–water partition coefficient (Wildman–Crippen LogP) is 1.20. The number of amides is 1. The van der Waals surface area contributed by atoms with Gasteiger partial charge in [0, 0.05) is 58.6 Å². The molecule has 1 aromatic carbocycles. The van der Waals surface area contributed by atoms with Crippen molar-refractivity contribution in [1.29, 1.82) is 0 Å². The summed E-state index contributed by atoms with van der Waals surface area (Å²) in [6.07, 6.45) is -0.0120. The Hall–Kier alpha value is -1.60. The number of piperidine rings is 1. The summed E-state index contributed by atoms with van der Waals surface area (Å²) in [6.45, 7) is 2.15. The number of alkyl halides is 3. The van der Waals surface area contributed by atoms with Gasteiger partial charge in [0.25, 0.3) is 5.91 Å². The van der Waals surface area contributed by atoms with Crippen molar-refractivity contribution < 1.29 is 48.9 Å². The molecule has 0 atom stereocenters. The van der Waals surface area contributed by atoms with Crippen molar-refractivity contribution in [3.8, 4) is 5.75 Å². The van der Waals surface area contributed by atoms with Crippen molar-refractivity contribution in [2.75, 3.05) is 64.4 Å². The minimum atomic E-state index is -5.79. The molecule has 2 aliphatic rings. The van der Waals surface area contributed by atoms with Crippen molar-refractivity contribution in [3.63, 3.8) is 0 Å². The van der Waals surface area contributed by atoms with Crippen LogP contribution in [0.4, 0.5) is 18.9 Å². The van der Waals surface area contributed by atoms with Gasteiger partial charge in [0.15, 0.2) is 4.75 Å². The maximum absolute atomic E-state index is 13.6. The van der Waals surface area contributed by atoms with Gasteiger partial charge in [-0.05, 0) is 37.1 Å². The van der Waals surface area contributed by atoms with Crippen LogP contribution < -0.4 is 14.6 Å². The van der Waals surface area contributed by atoms with E-state index in [1.54, 1.807) is 12.0 Å². The lowest BCUT2D eigenvalue weighted by molar-refractivity contribution is -0.133. The van der Waals surface area contributed by atoms with E-state index in [0.717, 1.165) is 12.1 Å². The molecule has 2 N–H and O–H groups in total. The summed E-state index contributed by atoms with van der Waals surface area (Å²) in [5, 5.41) is 9.31. The molecule has 2 saturated heterocycles. The summed E-state index contributed by atoms with van der Waals surface area (Å²) in [6, 6.07) is 4.86. The van der Waals surface area contributed by atoms with E-state index in [-0.39, 0.29) is 63.8 Å². The van der Waals surface area contributed by atoms with Gasteiger partial charge in [-0.15, -0.1) is 24.8 Å². The quantitative estimate of drug-likeness (QED) is 0.174. The van der Waals surface area contributed by atoms with Gasteiger partial charge in [0.2, 0.25) is 10.0 Å². The van der Waals surface area contributed by atoms with Gasteiger partial charge in [0.05, 0.1) is 6.61 Å². The number of halogens is 5. The van der Waals surface area contributed by atoms with Crippen LogP contribution in [0, 0.1) is 0 Å². The Morgan fingerprint density at radius 1 is 1.00 bits per heavy atom. The normalized spacial score (nSPS) is 18.9. The number of carbonyl (C=O) groups is 1. The van der Waals surface area contributed by atoms with Crippen LogP contribution in [0.15, 0.2) is 24.3 Å². The summed E-state index contributed by atoms with van der Waals surface area (Å²) in [5.41, 5.74) is -3.52. The highest BCUT2D eigenvalue weighted by Crippen LogP contribution is 2.35. The summed E-state index contributed by atoms with van der Waals surface area (Å²) < 4.78 is 95.6. The monoisotopic (exact) mass is 646 g/mol. The van der Waals surface area contributed by atoms with E-state index in [2.05, 4.69) is 4.18 Å². The molecule has 0 radical (unpaired) electrons. The lowest BCUT2D eigenvalue weighted by Crippen LogP contribution is -2.63. The molecule has 0 aromatic heterocycles. The maximum atomic E-state index is 13.6. The molecule has 0 bridgehead atoms. The first-order valence-corrected chi connectivity index (χ1v) is 14.1. The van der Waals surface area contributed by atoms with E-state index in [1.165, 1.54) is 21.9 Å².